The Morgan fingerprint density at radius 1 is 1.16 bits per heavy atom. The summed E-state index contributed by atoms with van der Waals surface area (Å²) in [5.74, 6) is 0. The summed E-state index contributed by atoms with van der Waals surface area (Å²) in [6.45, 7) is 2.15. The first-order valence-electron chi connectivity index (χ1n) is 5.97. The van der Waals surface area contributed by atoms with Crippen molar-refractivity contribution < 1.29 is 0 Å². The maximum absolute atomic E-state index is 4.79. The Kier molecular flexibility index (Phi) is 3.82. The van der Waals surface area contributed by atoms with Crippen LogP contribution in [-0.4, -0.2) is 4.98 Å². The van der Waals surface area contributed by atoms with Gasteiger partial charge in [-0.05, 0) is 30.5 Å². The maximum atomic E-state index is 4.79. The summed E-state index contributed by atoms with van der Waals surface area (Å²) in [4.78, 5) is 7.45. The molecule has 2 heterocycles. The van der Waals surface area contributed by atoms with E-state index in [1.807, 2.05) is 0 Å². The van der Waals surface area contributed by atoms with E-state index in [0.717, 1.165) is 16.6 Å². The van der Waals surface area contributed by atoms with Crippen LogP contribution in [0.4, 0.5) is 0 Å². The Labute approximate surface area is 129 Å². The van der Waals surface area contributed by atoms with Crippen LogP contribution in [0.1, 0.15) is 14.8 Å². The molecule has 0 unspecified atom stereocenters. The number of hydrogen-bond acceptors (Lipinski definition) is 3. The monoisotopic (exact) mass is 349 g/mol. The van der Waals surface area contributed by atoms with Gasteiger partial charge in [0.15, 0.2) is 0 Å². The van der Waals surface area contributed by atoms with Crippen LogP contribution in [0.5, 0.6) is 0 Å². The summed E-state index contributed by atoms with van der Waals surface area (Å²) in [5, 5.41) is 3.31. The van der Waals surface area contributed by atoms with Crippen LogP contribution in [0.2, 0.25) is 0 Å². The molecule has 0 N–H and O–H groups in total. The second-order valence-electron chi connectivity index (χ2n) is 4.28. The standard InChI is InChI=1S/C15H12BrNS2/c1-10-15(11-4-6-12(16)7-5-11)17-14(19-10)9-13-3-2-8-18-13/h2-8H,9H2,1H3. The quantitative estimate of drug-likeness (QED) is 0.605. The van der Waals surface area contributed by atoms with Crippen molar-refractivity contribution in [2.75, 3.05) is 0 Å². The largest absolute Gasteiger partial charge is 0.241 e. The number of benzene rings is 1. The molecule has 2 aromatic heterocycles. The highest BCUT2D eigenvalue weighted by Gasteiger charge is 2.10. The summed E-state index contributed by atoms with van der Waals surface area (Å²) >= 11 is 7.05. The molecule has 96 valence electrons. The third-order valence-electron chi connectivity index (χ3n) is 2.86. The lowest BCUT2D eigenvalue weighted by molar-refractivity contribution is 1.17. The number of aryl methyl sites for hydroxylation is 1. The van der Waals surface area contributed by atoms with Gasteiger partial charge in [0.2, 0.25) is 0 Å². The average Bonchev–Trinajstić information content (AvgIpc) is 3.01. The molecule has 1 nitrogen and oxygen atoms in total. The third-order valence-corrected chi connectivity index (χ3v) is 5.24. The number of thiophene rings is 1. The topological polar surface area (TPSA) is 12.9 Å². The predicted molar refractivity (Wildman–Crippen MR) is 87.1 cm³/mol. The molecule has 0 radical (unpaired) electrons. The number of rotatable bonds is 3. The number of hydrogen-bond donors (Lipinski definition) is 0. The zero-order valence-electron chi connectivity index (χ0n) is 10.4. The lowest BCUT2D eigenvalue weighted by atomic mass is 10.1. The Morgan fingerprint density at radius 2 is 1.95 bits per heavy atom. The lowest BCUT2D eigenvalue weighted by Crippen LogP contribution is -1.84. The minimum absolute atomic E-state index is 0.944. The van der Waals surface area contributed by atoms with Crippen LogP contribution < -0.4 is 0 Å². The number of nitrogens with zero attached hydrogens (tertiary/aromatic N) is 1. The van der Waals surface area contributed by atoms with Crippen LogP contribution in [0.3, 0.4) is 0 Å². The molecule has 0 saturated carbocycles. The van der Waals surface area contributed by atoms with Crippen LogP contribution >= 0.6 is 38.6 Å². The first-order valence-corrected chi connectivity index (χ1v) is 8.46. The maximum Gasteiger partial charge on any atom is 0.0987 e. The van der Waals surface area contributed by atoms with Crippen molar-refractivity contribution in [1.82, 2.24) is 4.98 Å². The first kappa shape index (κ1) is 13.0. The molecule has 4 heteroatoms. The van der Waals surface area contributed by atoms with E-state index in [1.54, 1.807) is 22.7 Å². The van der Waals surface area contributed by atoms with Crippen molar-refractivity contribution in [3.63, 3.8) is 0 Å². The molecule has 0 amide bonds. The van der Waals surface area contributed by atoms with Gasteiger partial charge in [-0.3, -0.25) is 0 Å². The first-order chi connectivity index (χ1) is 9.22. The summed E-state index contributed by atoms with van der Waals surface area (Å²) < 4.78 is 1.10. The second-order valence-corrected chi connectivity index (χ2v) is 7.51. The number of thiazole rings is 1. The molecule has 0 aliphatic carbocycles. The SMILES string of the molecule is Cc1sc(Cc2cccs2)nc1-c1ccc(Br)cc1. The molecule has 0 bridgehead atoms. The molecule has 0 saturated heterocycles. The lowest BCUT2D eigenvalue weighted by Gasteiger charge is -1.98. The molecular weight excluding hydrogens is 338 g/mol. The van der Waals surface area contributed by atoms with Gasteiger partial charge < -0.3 is 0 Å². The molecule has 1 aromatic carbocycles. The van der Waals surface area contributed by atoms with Gasteiger partial charge in [0.25, 0.3) is 0 Å². The number of halogens is 1. The van der Waals surface area contributed by atoms with E-state index in [0.29, 0.717) is 0 Å². The van der Waals surface area contributed by atoms with Crippen molar-refractivity contribution in [3.05, 3.63) is 61.0 Å². The van der Waals surface area contributed by atoms with Crippen LogP contribution in [0, 0.1) is 6.92 Å². The van der Waals surface area contributed by atoms with Crippen LogP contribution in [0.25, 0.3) is 11.3 Å². The minimum Gasteiger partial charge on any atom is -0.241 e. The van der Waals surface area contributed by atoms with Gasteiger partial charge in [0, 0.05) is 26.2 Å². The summed E-state index contributed by atoms with van der Waals surface area (Å²) in [6, 6.07) is 12.6. The van der Waals surface area contributed by atoms with E-state index < -0.39 is 0 Å². The zero-order valence-corrected chi connectivity index (χ0v) is 13.6. The van der Waals surface area contributed by atoms with Gasteiger partial charge in [0.1, 0.15) is 0 Å². The Bertz CT molecular complexity index is 669. The molecule has 3 rings (SSSR count). The molecule has 3 aromatic rings. The second kappa shape index (κ2) is 5.57. The smallest absolute Gasteiger partial charge is 0.0987 e. The molecule has 0 aliphatic rings. The van der Waals surface area contributed by atoms with Gasteiger partial charge in [0.05, 0.1) is 10.7 Å². The molecule has 0 aliphatic heterocycles. The van der Waals surface area contributed by atoms with E-state index in [1.165, 1.54) is 20.3 Å². The normalized spacial score (nSPS) is 10.8. The van der Waals surface area contributed by atoms with Gasteiger partial charge >= 0.3 is 0 Å². The van der Waals surface area contributed by atoms with Crippen LogP contribution in [0.15, 0.2) is 46.3 Å². The van der Waals surface area contributed by atoms with Crippen molar-refractivity contribution in [1.29, 1.82) is 0 Å². The van der Waals surface area contributed by atoms with Crippen molar-refractivity contribution >= 4 is 38.6 Å². The fraction of sp³-hybridized carbons (Fsp3) is 0.133. The highest BCUT2D eigenvalue weighted by molar-refractivity contribution is 9.10. The Hall–Kier alpha value is -0.970. The third kappa shape index (κ3) is 2.96. The van der Waals surface area contributed by atoms with E-state index in [2.05, 4.69) is 64.6 Å². The molecule has 0 atom stereocenters. The number of aromatic nitrogens is 1. The highest BCUT2D eigenvalue weighted by atomic mass is 79.9. The van der Waals surface area contributed by atoms with Crippen molar-refractivity contribution in [3.8, 4) is 11.3 Å². The van der Waals surface area contributed by atoms with Crippen molar-refractivity contribution in [2.24, 2.45) is 0 Å². The summed E-state index contributed by atoms with van der Waals surface area (Å²) in [5.41, 5.74) is 2.30. The van der Waals surface area contributed by atoms with E-state index in [-0.39, 0.29) is 0 Å². The van der Waals surface area contributed by atoms with E-state index in [4.69, 9.17) is 4.98 Å². The highest BCUT2D eigenvalue weighted by Crippen LogP contribution is 2.30. The van der Waals surface area contributed by atoms with Gasteiger partial charge in [-0.15, -0.1) is 22.7 Å². The van der Waals surface area contributed by atoms with Gasteiger partial charge in [-0.2, -0.15) is 0 Å². The average molecular weight is 350 g/mol. The van der Waals surface area contributed by atoms with Gasteiger partial charge in [-0.25, -0.2) is 4.98 Å². The van der Waals surface area contributed by atoms with Gasteiger partial charge in [-0.1, -0.05) is 34.1 Å². The molecule has 0 spiro atoms. The summed E-state index contributed by atoms with van der Waals surface area (Å²) in [7, 11) is 0. The van der Waals surface area contributed by atoms with Crippen LogP contribution in [-0.2, 0) is 6.42 Å². The minimum atomic E-state index is 0.944. The summed E-state index contributed by atoms with van der Waals surface area (Å²) in [6.07, 6.45) is 0.944. The van der Waals surface area contributed by atoms with E-state index >= 15 is 0 Å². The molecule has 0 fully saturated rings. The Morgan fingerprint density at radius 3 is 2.63 bits per heavy atom. The zero-order chi connectivity index (χ0) is 13.2. The predicted octanol–water partition coefficient (Wildman–Crippen LogP) is 5.53. The Balaban J connectivity index is 1.91. The van der Waals surface area contributed by atoms with E-state index in [9.17, 15) is 0 Å². The fourth-order valence-corrected chi connectivity index (χ4v) is 4.01. The fourth-order valence-electron chi connectivity index (χ4n) is 1.96. The van der Waals surface area contributed by atoms with Crippen molar-refractivity contribution in [2.45, 2.75) is 13.3 Å². The molecular formula is C15H12BrNS2. The molecule has 19 heavy (non-hydrogen) atoms.